The van der Waals surface area contributed by atoms with Crippen molar-refractivity contribution in [1.29, 1.82) is 0 Å². The largest absolute Gasteiger partial charge is 0.454 e. The van der Waals surface area contributed by atoms with E-state index in [0.29, 0.717) is 17.6 Å². The van der Waals surface area contributed by atoms with Gasteiger partial charge in [0, 0.05) is 49.1 Å². The molecule has 0 saturated carbocycles. The number of para-hydroxylation sites is 3. The monoisotopic (exact) mass is 779 g/mol. The third-order valence-corrected chi connectivity index (χ3v) is 12.1. The van der Waals surface area contributed by atoms with Crippen molar-refractivity contribution in [2.75, 3.05) is 0 Å². The van der Waals surface area contributed by atoms with Crippen molar-refractivity contribution in [3.05, 3.63) is 200 Å². The first-order chi connectivity index (χ1) is 30.2. The van der Waals surface area contributed by atoms with Crippen LogP contribution in [0.4, 0.5) is 0 Å². The van der Waals surface area contributed by atoms with Gasteiger partial charge in [0.05, 0.1) is 16.6 Å². The smallest absolute Gasteiger partial charge is 0.238 e. The number of aromatic nitrogens is 5. The van der Waals surface area contributed by atoms with Gasteiger partial charge in [0.1, 0.15) is 11.1 Å². The summed E-state index contributed by atoms with van der Waals surface area (Å²) in [6, 6.07) is 70.4. The highest BCUT2D eigenvalue weighted by molar-refractivity contribution is 6.26. The van der Waals surface area contributed by atoms with Crippen molar-refractivity contribution in [2.24, 2.45) is 0 Å². The van der Waals surface area contributed by atoms with Crippen LogP contribution in [-0.2, 0) is 0 Å². The molecule has 13 rings (SSSR count). The van der Waals surface area contributed by atoms with Gasteiger partial charge >= 0.3 is 0 Å². The molecular formula is C55H33N5O. The number of benzene rings is 9. The zero-order valence-corrected chi connectivity index (χ0v) is 32.7. The lowest BCUT2D eigenvalue weighted by Gasteiger charge is -2.12. The Morgan fingerprint density at radius 3 is 1.74 bits per heavy atom. The lowest BCUT2D eigenvalue weighted by Crippen LogP contribution is -2.06. The Kier molecular flexibility index (Phi) is 7.21. The highest BCUT2D eigenvalue weighted by atomic mass is 16.3. The Labute approximate surface area is 349 Å². The number of furan rings is 1. The molecule has 0 N–H and O–H groups in total. The van der Waals surface area contributed by atoms with Gasteiger partial charge in [-0.1, -0.05) is 152 Å². The zero-order valence-electron chi connectivity index (χ0n) is 32.7. The highest BCUT2D eigenvalue weighted by Gasteiger charge is 2.25. The van der Waals surface area contributed by atoms with Crippen molar-refractivity contribution >= 4 is 76.3 Å². The van der Waals surface area contributed by atoms with Gasteiger partial charge < -0.3 is 8.98 Å². The quantitative estimate of drug-likeness (QED) is 0.175. The van der Waals surface area contributed by atoms with Gasteiger partial charge in [0.25, 0.3) is 0 Å². The summed E-state index contributed by atoms with van der Waals surface area (Å²) in [6.45, 7) is 0. The van der Waals surface area contributed by atoms with Gasteiger partial charge in [-0.05, 0) is 70.4 Å². The summed E-state index contributed by atoms with van der Waals surface area (Å²) in [4.78, 5) is 15.6. The van der Waals surface area contributed by atoms with E-state index in [0.717, 1.165) is 77.2 Å². The van der Waals surface area contributed by atoms with Crippen LogP contribution in [0.3, 0.4) is 0 Å². The fraction of sp³-hybridized carbons (Fsp3) is 0. The molecule has 0 spiro atoms. The maximum Gasteiger partial charge on any atom is 0.238 e. The topological polar surface area (TPSA) is 61.7 Å². The molecule has 6 heteroatoms. The highest BCUT2D eigenvalue weighted by Crippen LogP contribution is 2.46. The van der Waals surface area contributed by atoms with Gasteiger partial charge in [-0.3, -0.25) is 4.57 Å². The lowest BCUT2D eigenvalue weighted by atomic mass is 9.95. The minimum atomic E-state index is 0.520. The van der Waals surface area contributed by atoms with Crippen LogP contribution in [0.1, 0.15) is 0 Å². The molecule has 0 unspecified atom stereocenters. The molecule has 0 bridgehead atoms. The van der Waals surface area contributed by atoms with Crippen LogP contribution >= 0.6 is 0 Å². The number of hydrogen-bond donors (Lipinski definition) is 0. The summed E-state index contributed by atoms with van der Waals surface area (Å²) in [5.41, 5.74) is 11.0. The average molecular weight is 780 g/mol. The Bertz CT molecular complexity index is 3820. The predicted molar refractivity (Wildman–Crippen MR) is 250 cm³/mol. The molecule has 13 aromatic rings. The number of fused-ring (bicyclic) bond motifs is 11. The first kappa shape index (κ1) is 33.6. The van der Waals surface area contributed by atoms with E-state index < -0.39 is 0 Å². The SMILES string of the molecule is c1ccc(-c2nc(-c3ccccc3)nc(-n3c4ccccc4c4c(-c5ccc6c(c5)c5ccccc5n6-c5ccc6ccccc6c5)cc5c6ccccc6oc5c43)n2)cc1. The molecule has 0 saturated heterocycles. The second kappa shape index (κ2) is 13.1. The second-order valence-electron chi connectivity index (χ2n) is 15.6. The van der Waals surface area contributed by atoms with Crippen LogP contribution in [0.15, 0.2) is 205 Å². The normalized spacial score (nSPS) is 11.9. The van der Waals surface area contributed by atoms with E-state index in [4.69, 9.17) is 19.4 Å². The maximum atomic E-state index is 6.89. The average Bonchev–Trinajstić information content (AvgIpc) is 3.99. The molecular weight excluding hydrogens is 747 g/mol. The van der Waals surface area contributed by atoms with Crippen LogP contribution in [0, 0.1) is 0 Å². The lowest BCUT2D eigenvalue weighted by molar-refractivity contribution is 0.670. The summed E-state index contributed by atoms with van der Waals surface area (Å²) in [5.74, 6) is 1.72. The first-order valence-electron chi connectivity index (χ1n) is 20.5. The molecule has 4 aromatic heterocycles. The third kappa shape index (κ3) is 5.12. The summed E-state index contributed by atoms with van der Waals surface area (Å²) in [7, 11) is 0. The van der Waals surface area contributed by atoms with Crippen molar-refractivity contribution in [3.8, 4) is 45.5 Å². The summed E-state index contributed by atoms with van der Waals surface area (Å²) < 4.78 is 11.5. The summed E-state index contributed by atoms with van der Waals surface area (Å²) in [6.07, 6.45) is 0. The van der Waals surface area contributed by atoms with Gasteiger partial charge in [-0.15, -0.1) is 0 Å². The molecule has 0 fully saturated rings. The van der Waals surface area contributed by atoms with E-state index in [9.17, 15) is 0 Å². The van der Waals surface area contributed by atoms with E-state index in [1.54, 1.807) is 0 Å². The molecule has 0 amide bonds. The van der Waals surface area contributed by atoms with Crippen LogP contribution in [-0.4, -0.2) is 24.1 Å². The van der Waals surface area contributed by atoms with E-state index in [2.05, 4.69) is 137 Å². The number of nitrogens with zero attached hydrogens (tertiary/aromatic N) is 5. The molecule has 0 aliphatic rings. The number of hydrogen-bond acceptors (Lipinski definition) is 4. The third-order valence-electron chi connectivity index (χ3n) is 12.1. The van der Waals surface area contributed by atoms with Crippen LogP contribution in [0.2, 0.25) is 0 Å². The molecule has 0 aliphatic carbocycles. The Balaban J connectivity index is 1.13. The Morgan fingerprint density at radius 1 is 0.377 bits per heavy atom. The molecule has 61 heavy (non-hydrogen) atoms. The molecule has 284 valence electrons. The molecule has 6 nitrogen and oxygen atoms in total. The standard InChI is InChI=1S/C55H33N5O/c1-3-16-35(17-4-1)53-56-54(36-18-5-2-6-19-36)58-55(57-53)60-47-25-13-10-23-42(47)50-43(33-45-41-22-11-14-26-49(41)61-52(45)51(50)60)38-28-30-48-44(32-38)40-21-9-12-24-46(40)59(48)39-29-27-34-15-7-8-20-37(34)31-39/h1-33H. The maximum absolute atomic E-state index is 6.89. The Hall–Kier alpha value is -8.35. The van der Waals surface area contributed by atoms with E-state index >= 15 is 0 Å². The molecule has 4 heterocycles. The van der Waals surface area contributed by atoms with Gasteiger partial charge in [-0.2, -0.15) is 9.97 Å². The molecule has 0 aliphatic heterocycles. The van der Waals surface area contributed by atoms with Crippen LogP contribution in [0.25, 0.3) is 122 Å². The summed E-state index contributed by atoms with van der Waals surface area (Å²) in [5, 5.41) is 9.06. The van der Waals surface area contributed by atoms with Crippen molar-refractivity contribution in [1.82, 2.24) is 24.1 Å². The number of rotatable bonds is 5. The van der Waals surface area contributed by atoms with Gasteiger partial charge in [0.2, 0.25) is 5.95 Å². The predicted octanol–water partition coefficient (Wildman–Crippen LogP) is 14.1. The van der Waals surface area contributed by atoms with Crippen molar-refractivity contribution in [2.45, 2.75) is 0 Å². The van der Waals surface area contributed by atoms with Gasteiger partial charge in [-0.25, -0.2) is 4.98 Å². The minimum absolute atomic E-state index is 0.520. The van der Waals surface area contributed by atoms with Gasteiger partial charge in [0.15, 0.2) is 17.2 Å². The van der Waals surface area contributed by atoms with E-state index in [1.807, 2.05) is 72.8 Å². The zero-order chi connectivity index (χ0) is 40.0. The van der Waals surface area contributed by atoms with Crippen molar-refractivity contribution < 1.29 is 4.42 Å². The second-order valence-corrected chi connectivity index (χ2v) is 15.6. The Morgan fingerprint density at radius 2 is 0.984 bits per heavy atom. The summed E-state index contributed by atoms with van der Waals surface area (Å²) >= 11 is 0. The van der Waals surface area contributed by atoms with Crippen molar-refractivity contribution in [3.63, 3.8) is 0 Å². The molecule has 9 aromatic carbocycles. The van der Waals surface area contributed by atoms with Crippen LogP contribution < -0.4 is 0 Å². The fourth-order valence-corrected chi connectivity index (χ4v) is 9.40. The van der Waals surface area contributed by atoms with E-state index in [-0.39, 0.29) is 0 Å². The molecule has 0 radical (unpaired) electrons. The van der Waals surface area contributed by atoms with Crippen LogP contribution in [0.5, 0.6) is 0 Å². The van der Waals surface area contributed by atoms with E-state index in [1.165, 1.54) is 27.1 Å². The molecule has 0 atom stereocenters. The minimum Gasteiger partial charge on any atom is -0.454 e. The fourth-order valence-electron chi connectivity index (χ4n) is 9.40. The first-order valence-corrected chi connectivity index (χ1v) is 20.5.